The van der Waals surface area contributed by atoms with Crippen molar-refractivity contribution in [2.45, 2.75) is 18.9 Å². The molecule has 25 heavy (non-hydrogen) atoms. The predicted octanol–water partition coefficient (Wildman–Crippen LogP) is 3.13. The highest BCUT2D eigenvalue weighted by Crippen LogP contribution is 2.43. The maximum Gasteiger partial charge on any atom is 0.244 e. The van der Waals surface area contributed by atoms with Gasteiger partial charge in [-0.15, -0.1) is 0 Å². The summed E-state index contributed by atoms with van der Waals surface area (Å²) < 4.78 is 11.2. The molecule has 5 heteroatoms. The zero-order chi connectivity index (χ0) is 17.1. The van der Waals surface area contributed by atoms with E-state index in [-0.39, 0.29) is 11.9 Å². The molecule has 2 heterocycles. The van der Waals surface area contributed by atoms with Crippen molar-refractivity contribution in [2.24, 2.45) is 5.92 Å². The molecule has 1 aliphatic heterocycles. The Morgan fingerprint density at radius 1 is 1.16 bits per heavy atom. The maximum atomic E-state index is 12.3. The van der Waals surface area contributed by atoms with E-state index < -0.39 is 0 Å². The number of carbonyl (C=O) groups excluding carboxylic acids is 1. The molecule has 1 saturated carbocycles. The van der Waals surface area contributed by atoms with Crippen molar-refractivity contribution < 1.29 is 14.3 Å². The van der Waals surface area contributed by atoms with Crippen molar-refractivity contribution in [3.8, 4) is 11.5 Å². The van der Waals surface area contributed by atoms with Gasteiger partial charge in [-0.25, -0.2) is 0 Å². The number of fused-ring (bicyclic) bond motifs is 1. The molecule has 1 aromatic carbocycles. The number of ether oxygens (including phenoxy) is 2. The number of benzene rings is 1. The summed E-state index contributed by atoms with van der Waals surface area (Å²) in [6.07, 6.45) is 7.23. The number of nitrogens with one attached hydrogen (secondary N) is 1. The number of amides is 1. The van der Waals surface area contributed by atoms with Crippen LogP contribution in [-0.2, 0) is 4.79 Å². The molecule has 1 aliphatic carbocycles. The molecule has 4 rings (SSSR count). The lowest BCUT2D eigenvalue weighted by Gasteiger charge is -2.22. The van der Waals surface area contributed by atoms with E-state index in [1.54, 1.807) is 12.3 Å². The minimum Gasteiger partial charge on any atom is -0.486 e. The van der Waals surface area contributed by atoms with Gasteiger partial charge in [0.25, 0.3) is 0 Å². The highest BCUT2D eigenvalue weighted by Gasteiger charge is 2.33. The molecule has 2 aliphatic rings. The van der Waals surface area contributed by atoms with Gasteiger partial charge < -0.3 is 14.8 Å². The maximum absolute atomic E-state index is 12.3. The van der Waals surface area contributed by atoms with E-state index in [1.165, 1.54) is 6.08 Å². The first-order valence-electron chi connectivity index (χ1n) is 8.59. The standard InChI is InChI=1S/C20H20N2O3/c23-19(9-7-16-3-1-2-10-21-16)22-20(14-4-5-14)15-6-8-17-18(13-15)25-12-11-24-17/h1-3,6-10,13-14,20H,4-5,11-12H2,(H,22,23)/b9-7+. The lowest BCUT2D eigenvalue weighted by atomic mass is 10.0. The monoisotopic (exact) mass is 336 g/mol. The van der Waals surface area contributed by atoms with Crippen molar-refractivity contribution in [1.82, 2.24) is 10.3 Å². The van der Waals surface area contributed by atoms with E-state index in [4.69, 9.17) is 9.47 Å². The molecule has 1 atom stereocenters. The van der Waals surface area contributed by atoms with Crippen LogP contribution in [0.25, 0.3) is 6.08 Å². The summed E-state index contributed by atoms with van der Waals surface area (Å²) in [4.78, 5) is 16.5. The van der Waals surface area contributed by atoms with Crippen LogP contribution < -0.4 is 14.8 Å². The summed E-state index contributed by atoms with van der Waals surface area (Å²) in [5, 5.41) is 3.12. The fraction of sp³-hybridized carbons (Fsp3) is 0.300. The van der Waals surface area contributed by atoms with Crippen molar-refractivity contribution in [3.05, 3.63) is 59.9 Å². The normalized spacial score (nSPS) is 17.3. The van der Waals surface area contributed by atoms with Crippen LogP contribution in [0.15, 0.2) is 48.7 Å². The Balaban J connectivity index is 1.48. The first kappa shape index (κ1) is 15.7. The second-order valence-electron chi connectivity index (χ2n) is 6.31. The molecule has 5 nitrogen and oxygen atoms in total. The summed E-state index contributed by atoms with van der Waals surface area (Å²) in [5.41, 5.74) is 1.83. The van der Waals surface area contributed by atoms with E-state index in [1.807, 2.05) is 36.4 Å². The molecule has 1 N–H and O–H groups in total. The molecule has 1 amide bonds. The first-order chi connectivity index (χ1) is 12.3. The Bertz CT molecular complexity index is 785. The Labute approximate surface area is 146 Å². The summed E-state index contributed by atoms with van der Waals surface area (Å²) >= 11 is 0. The van der Waals surface area contributed by atoms with E-state index >= 15 is 0 Å². The Hall–Kier alpha value is -2.82. The smallest absolute Gasteiger partial charge is 0.244 e. The summed E-state index contributed by atoms with van der Waals surface area (Å²) in [6, 6.07) is 11.5. The lowest BCUT2D eigenvalue weighted by molar-refractivity contribution is -0.117. The largest absolute Gasteiger partial charge is 0.486 e. The number of carbonyl (C=O) groups is 1. The summed E-state index contributed by atoms with van der Waals surface area (Å²) in [5.74, 6) is 1.89. The van der Waals surface area contributed by atoms with Gasteiger partial charge >= 0.3 is 0 Å². The fourth-order valence-corrected chi connectivity index (χ4v) is 2.99. The van der Waals surface area contributed by atoms with Crippen molar-refractivity contribution >= 4 is 12.0 Å². The summed E-state index contributed by atoms with van der Waals surface area (Å²) in [6.45, 7) is 1.14. The minimum atomic E-state index is -0.113. The topological polar surface area (TPSA) is 60.5 Å². The number of hydrogen-bond acceptors (Lipinski definition) is 4. The Morgan fingerprint density at radius 3 is 2.76 bits per heavy atom. The van der Waals surface area contributed by atoms with Gasteiger partial charge in [-0.3, -0.25) is 9.78 Å². The van der Waals surface area contributed by atoms with E-state index in [2.05, 4.69) is 10.3 Å². The van der Waals surface area contributed by atoms with Gasteiger partial charge in [0.2, 0.25) is 5.91 Å². The second kappa shape index (κ2) is 6.97. The highest BCUT2D eigenvalue weighted by atomic mass is 16.6. The lowest BCUT2D eigenvalue weighted by Crippen LogP contribution is -2.28. The van der Waals surface area contributed by atoms with Crippen LogP contribution in [0.5, 0.6) is 11.5 Å². The Kier molecular flexibility index (Phi) is 4.37. The second-order valence-corrected chi connectivity index (χ2v) is 6.31. The van der Waals surface area contributed by atoms with E-state index in [0.717, 1.165) is 35.6 Å². The number of rotatable bonds is 5. The molecule has 1 fully saturated rings. The van der Waals surface area contributed by atoms with Gasteiger partial charge in [0.05, 0.1) is 11.7 Å². The highest BCUT2D eigenvalue weighted by molar-refractivity contribution is 5.91. The van der Waals surface area contributed by atoms with Gasteiger partial charge in [0.1, 0.15) is 13.2 Å². The average Bonchev–Trinajstić information content (AvgIpc) is 3.50. The van der Waals surface area contributed by atoms with Crippen LogP contribution in [-0.4, -0.2) is 24.1 Å². The minimum absolute atomic E-state index is 0.00305. The number of hydrogen-bond donors (Lipinski definition) is 1. The summed E-state index contributed by atoms with van der Waals surface area (Å²) in [7, 11) is 0. The fourth-order valence-electron chi connectivity index (χ4n) is 2.99. The van der Waals surface area contributed by atoms with Crippen LogP contribution in [0.2, 0.25) is 0 Å². The number of pyridine rings is 1. The molecule has 0 radical (unpaired) electrons. The molecular formula is C20H20N2O3. The van der Waals surface area contributed by atoms with Crippen molar-refractivity contribution in [3.63, 3.8) is 0 Å². The first-order valence-corrected chi connectivity index (χ1v) is 8.59. The van der Waals surface area contributed by atoms with Gasteiger partial charge in [-0.1, -0.05) is 12.1 Å². The Morgan fingerprint density at radius 2 is 2.00 bits per heavy atom. The van der Waals surface area contributed by atoms with E-state index in [0.29, 0.717) is 19.1 Å². The predicted molar refractivity (Wildman–Crippen MR) is 94.3 cm³/mol. The molecule has 1 unspecified atom stereocenters. The third kappa shape index (κ3) is 3.82. The van der Waals surface area contributed by atoms with E-state index in [9.17, 15) is 4.79 Å². The van der Waals surface area contributed by atoms with Gasteiger partial charge in [-0.05, 0) is 54.7 Å². The molecular weight excluding hydrogens is 316 g/mol. The molecule has 128 valence electrons. The van der Waals surface area contributed by atoms with Gasteiger partial charge in [0, 0.05) is 12.3 Å². The van der Waals surface area contributed by atoms with Crippen LogP contribution in [0.1, 0.15) is 30.1 Å². The third-order valence-corrected chi connectivity index (χ3v) is 4.41. The van der Waals surface area contributed by atoms with Crippen molar-refractivity contribution in [1.29, 1.82) is 0 Å². The van der Waals surface area contributed by atoms with Crippen LogP contribution in [0, 0.1) is 5.92 Å². The van der Waals surface area contributed by atoms with Crippen LogP contribution in [0.3, 0.4) is 0 Å². The van der Waals surface area contributed by atoms with Gasteiger partial charge in [-0.2, -0.15) is 0 Å². The molecule has 2 aromatic rings. The van der Waals surface area contributed by atoms with Gasteiger partial charge in [0.15, 0.2) is 11.5 Å². The number of nitrogens with zero attached hydrogens (tertiary/aromatic N) is 1. The zero-order valence-electron chi connectivity index (χ0n) is 13.9. The van der Waals surface area contributed by atoms with Crippen LogP contribution in [0.4, 0.5) is 0 Å². The SMILES string of the molecule is O=C(/C=C/c1ccccn1)NC(c1ccc2c(c1)OCCO2)C1CC1. The van der Waals surface area contributed by atoms with Crippen LogP contribution >= 0.6 is 0 Å². The average molecular weight is 336 g/mol. The third-order valence-electron chi connectivity index (χ3n) is 4.41. The molecule has 1 aromatic heterocycles. The molecule has 0 spiro atoms. The number of aromatic nitrogens is 1. The van der Waals surface area contributed by atoms with Crippen molar-refractivity contribution in [2.75, 3.05) is 13.2 Å². The molecule has 0 bridgehead atoms. The quantitative estimate of drug-likeness (QED) is 0.852. The molecule has 0 saturated heterocycles. The zero-order valence-corrected chi connectivity index (χ0v) is 13.9.